The minimum atomic E-state index is -4.25. The number of aromatic amines is 1. The van der Waals surface area contributed by atoms with Gasteiger partial charge in [0.25, 0.3) is 11.5 Å². The van der Waals surface area contributed by atoms with E-state index in [0.29, 0.717) is 11.4 Å². The minimum Gasteiger partial charge on any atom is -0.344 e. The summed E-state index contributed by atoms with van der Waals surface area (Å²) in [5.41, 5.74) is -1.11. The zero-order valence-electron chi connectivity index (χ0n) is 15.3. The number of hydrogen-bond acceptors (Lipinski definition) is 3. The molecule has 0 unspecified atom stereocenters. The molecule has 1 aromatic carbocycles. The van der Waals surface area contributed by atoms with Crippen LogP contribution in [0.25, 0.3) is 0 Å². The second kappa shape index (κ2) is 6.46. The number of H-pyrrole nitrogens is 1. The number of benzene rings is 1. The zero-order valence-corrected chi connectivity index (χ0v) is 15.3. The molecule has 2 aliphatic rings. The van der Waals surface area contributed by atoms with Crippen LogP contribution in [0.3, 0.4) is 0 Å². The van der Waals surface area contributed by atoms with E-state index in [1.807, 2.05) is 0 Å². The third-order valence-corrected chi connectivity index (χ3v) is 5.56. The molecule has 0 spiro atoms. The fraction of sp³-hybridized carbons (Fsp3) is 0.450. The lowest BCUT2D eigenvalue weighted by molar-refractivity contribution is -0.160. The van der Waals surface area contributed by atoms with Crippen LogP contribution in [0.2, 0.25) is 0 Å². The molecule has 148 valence electrons. The molecule has 0 radical (unpaired) electrons. The molecule has 1 atom stereocenters. The number of nitrogens with one attached hydrogen (secondary N) is 2. The van der Waals surface area contributed by atoms with E-state index >= 15 is 0 Å². The molecule has 0 saturated heterocycles. The molecule has 5 nitrogen and oxygen atoms in total. The van der Waals surface area contributed by atoms with E-state index in [1.54, 1.807) is 19.1 Å². The van der Waals surface area contributed by atoms with Gasteiger partial charge >= 0.3 is 6.18 Å². The van der Waals surface area contributed by atoms with E-state index in [0.717, 1.165) is 18.9 Å². The van der Waals surface area contributed by atoms with Crippen LogP contribution in [0.1, 0.15) is 72.0 Å². The fourth-order valence-corrected chi connectivity index (χ4v) is 3.45. The van der Waals surface area contributed by atoms with Crippen molar-refractivity contribution in [3.05, 3.63) is 63.3 Å². The molecule has 8 heteroatoms. The zero-order chi connectivity index (χ0) is 20.1. The van der Waals surface area contributed by atoms with Gasteiger partial charge in [-0.3, -0.25) is 9.59 Å². The quantitative estimate of drug-likeness (QED) is 0.816. The van der Waals surface area contributed by atoms with E-state index in [9.17, 15) is 22.8 Å². The Balaban J connectivity index is 1.47. The molecule has 1 amide bonds. The highest BCUT2D eigenvalue weighted by atomic mass is 19.4. The van der Waals surface area contributed by atoms with Gasteiger partial charge in [-0.15, -0.1) is 0 Å². The van der Waals surface area contributed by atoms with Crippen LogP contribution in [0.4, 0.5) is 13.2 Å². The number of carbonyl (C=O) groups excluding carboxylic acids is 1. The molecule has 0 aliphatic heterocycles. The highest BCUT2D eigenvalue weighted by Gasteiger charge is 2.64. The monoisotopic (exact) mass is 391 g/mol. The number of aromatic nitrogens is 2. The molecule has 1 heterocycles. The molecule has 4 rings (SSSR count). The van der Waals surface area contributed by atoms with Gasteiger partial charge in [-0.05, 0) is 43.7 Å². The van der Waals surface area contributed by atoms with E-state index in [1.165, 1.54) is 12.1 Å². The van der Waals surface area contributed by atoms with Gasteiger partial charge in [0, 0.05) is 12.0 Å². The molecule has 0 bridgehead atoms. The average molecular weight is 391 g/mol. The molecule has 2 aromatic rings. The lowest BCUT2D eigenvalue weighted by Crippen LogP contribution is -2.30. The normalized spacial score (nSPS) is 19.1. The molecule has 28 heavy (non-hydrogen) atoms. The summed E-state index contributed by atoms with van der Waals surface area (Å²) in [5.74, 6) is 0.240. The van der Waals surface area contributed by atoms with Crippen molar-refractivity contribution < 1.29 is 18.0 Å². The number of alkyl halides is 3. The van der Waals surface area contributed by atoms with E-state index < -0.39 is 23.5 Å². The maximum atomic E-state index is 13.2. The Bertz CT molecular complexity index is 958. The summed E-state index contributed by atoms with van der Waals surface area (Å²) in [4.78, 5) is 31.1. The lowest BCUT2D eigenvalue weighted by atomic mass is 9.93. The van der Waals surface area contributed by atoms with Gasteiger partial charge in [-0.2, -0.15) is 13.2 Å². The van der Waals surface area contributed by atoms with Gasteiger partial charge in [0.05, 0.1) is 11.5 Å². The van der Waals surface area contributed by atoms with Crippen molar-refractivity contribution in [3.8, 4) is 0 Å². The van der Waals surface area contributed by atoms with Crippen molar-refractivity contribution in [1.29, 1.82) is 0 Å². The minimum absolute atomic E-state index is 0.0446. The largest absolute Gasteiger partial charge is 0.398 e. The molecule has 2 fully saturated rings. The number of rotatable bonds is 5. The Hall–Kier alpha value is -2.64. The average Bonchev–Trinajstić information content (AvgIpc) is 3.54. The number of nitrogens with zero attached hydrogens (tertiary/aromatic N) is 1. The maximum Gasteiger partial charge on any atom is 0.398 e. The standard InChI is InChI=1S/C20H20F3N3O2/c1-11(12-4-6-14(7-5-12)19(8-9-19)20(21,22)23)24-18(28)15-10-16(27)26-17(25-15)13-2-3-13/h4-7,10-11,13H,2-3,8-9H2,1H3,(H,24,28)(H,25,26,27)/t11-/m0/s1. The molecule has 2 aliphatic carbocycles. The summed E-state index contributed by atoms with van der Waals surface area (Å²) < 4.78 is 39.7. The summed E-state index contributed by atoms with van der Waals surface area (Å²) in [6.45, 7) is 1.73. The van der Waals surface area contributed by atoms with E-state index in [-0.39, 0.29) is 35.6 Å². The second-order valence-corrected chi connectivity index (χ2v) is 7.69. The topological polar surface area (TPSA) is 74.8 Å². The van der Waals surface area contributed by atoms with Crippen LogP contribution in [-0.2, 0) is 5.41 Å². The first-order valence-electron chi connectivity index (χ1n) is 9.29. The van der Waals surface area contributed by atoms with Gasteiger partial charge in [0.15, 0.2) is 0 Å². The SMILES string of the molecule is C[C@H](NC(=O)c1cc(=O)[nH]c(C2CC2)n1)c1ccc(C2(C(F)(F)F)CC2)cc1. The first-order chi connectivity index (χ1) is 13.2. The molecular formula is C20H20F3N3O2. The number of halogens is 3. The molecule has 1 aromatic heterocycles. The summed E-state index contributed by atoms with van der Waals surface area (Å²) >= 11 is 0. The van der Waals surface area contributed by atoms with Crippen LogP contribution < -0.4 is 10.9 Å². The van der Waals surface area contributed by atoms with E-state index in [2.05, 4.69) is 15.3 Å². The molecular weight excluding hydrogens is 371 g/mol. The Morgan fingerprint density at radius 1 is 1.25 bits per heavy atom. The Labute approximate surface area is 159 Å². The fourth-order valence-electron chi connectivity index (χ4n) is 3.45. The van der Waals surface area contributed by atoms with Crippen molar-refractivity contribution in [2.75, 3.05) is 0 Å². The van der Waals surface area contributed by atoms with Crippen molar-refractivity contribution in [3.63, 3.8) is 0 Å². The van der Waals surface area contributed by atoms with Crippen molar-refractivity contribution in [1.82, 2.24) is 15.3 Å². The lowest BCUT2D eigenvalue weighted by Gasteiger charge is -2.21. The Kier molecular flexibility index (Phi) is 4.32. The highest BCUT2D eigenvalue weighted by Crippen LogP contribution is 2.58. The number of amides is 1. The van der Waals surface area contributed by atoms with Crippen LogP contribution in [0.5, 0.6) is 0 Å². The van der Waals surface area contributed by atoms with Gasteiger partial charge in [0.1, 0.15) is 11.5 Å². The van der Waals surface area contributed by atoms with Crippen molar-refractivity contribution in [2.24, 2.45) is 0 Å². The smallest absolute Gasteiger partial charge is 0.344 e. The summed E-state index contributed by atoms with van der Waals surface area (Å²) in [5, 5.41) is 2.75. The summed E-state index contributed by atoms with van der Waals surface area (Å²) in [6, 6.07) is 6.88. The predicted octanol–water partition coefficient (Wildman–Crippen LogP) is 3.73. The van der Waals surface area contributed by atoms with Crippen LogP contribution in [0, 0.1) is 0 Å². The Morgan fingerprint density at radius 2 is 1.89 bits per heavy atom. The molecule has 2 saturated carbocycles. The van der Waals surface area contributed by atoms with Crippen molar-refractivity contribution >= 4 is 5.91 Å². The second-order valence-electron chi connectivity index (χ2n) is 7.69. The van der Waals surface area contributed by atoms with Gasteiger partial charge < -0.3 is 10.3 Å². The van der Waals surface area contributed by atoms with Crippen LogP contribution >= 0.6 is 0 Å². The number of hydrogen-bond donors (Lipinski definition) is 2. The Morgan fingerprint density at radius 3 is 2.43 bits per heavy atom. The van der Waals surface area contributed by atoms with Gasteiger partial charge in [-0.25, -0.2) is 4.98 Å². The summed E-state index contributed by atoms with van der Waals surface area (Å²) in [7, 11) is 0. The van der Waals surface area contributed by atoms with Crippen molar-refractivity contribution in [2.45, 2.75) is 56.2 Å². The van der Waals surface area contributed by atoms with E-state index in [4.69, 9.17) is 0 Å². The maximum absolute atomic E-state index is 13.2. The number of carbonyl (C=O) groups is 1. The first-order valence-corrected chi connectivity index (χ1v) is 9.29. The van der Waals surface area contributed by atoms with Gasteiger partial charge in [0.2, 0.25) is 0 Å². The van der Waals surface area contributed by atoms with Gasteiger partial charge in [-0.1, -0.05) is 24.3 Å². The van der Waals surface area contributed by atoms with Crippen LogP contribution in [-0.4, -0.2) is 22.1 Å². The third kappa shape index (κ3) is 3.43. The summed E-state index contributed by atoms with van der Waals surface area (Å²) in [6.07, 6.45) is -2.15. The highest BCUT2D eigenvalue weighted by molar-refractivity contribution is 5.92. The molecule has 2 N–H and O–H groups in total. The predicted molar refractivity (Wildman–Crippen MR) is 96.1 cm³/mol. The third-order valence-electron chi connectivity index (χ3n) is 5.56. The first kappa shape index (κ1) is 18.7. The van der Waals surface area contributed by atoms with Crippen LogP contribution in [0.15, 0.2) is 35.1 Å².